The van der Waals surface area contributed by atoms with Crippen LogP contribution in [-0.2, 0) is 10.0 Å². The van der Waals surface area contributed by atoms with Crippen LogP contribution in [0.25, 0.3) is 0 Å². The Morgan fingerprint density at radius 2 is 1.95 bits per heavy atom. The van der Waals surface area contributed by atoms with Crippen LogP contribution in [-0.4, -0.2) is 67.4 Å². The van der Waals surface area contributed by atoms with E-state index >= 15 is 0 Å². The number of carbonyl (C=O) groups is 1. The molecule has 0 unspecified atom stereocenters. The first-order chi connectivity index (χ1) is 9.28. The third kappa shape index (κ3) is 4.06. The number of carboxylic acid groups (broad SMARTS) is 1. The zero-order valence-electron chi connectivity index (χ0n) is 12.0. The summed E-state index contributed by atoms with van der Waals surface area (Å²) in [5, 5.41) is 8.84. The first-order valence-electron chi connectivity index (χ1n) is 6.35. The largest absolute Gasteiger partial charge is 0.477 e. The Balaban J connectivity index is 2.98. The van der Waals surface area contributed by atoms with Crippen molar-refractivity contribution in [2.75, 3.05) is 33.7 Å². The van der Waals surface area contributed by atoms with Crippen molar-refractivity contribution in [1.82, 2.24) is 14.2 Å². The van der Waals surface area contributed by atoms with Crippen molar-refractivity contribution in [1.29, 1.82) is 0 Å². The van der Waals surface area contributed by atoms with E-state index < -0.39 is 16.0 Å². The molecule has 1 aromatic rings. The second kappa shape index (κ2) is 6.87. The number of H-pyrrole nitrogens is 1. The molecule has 0 aliphatic carbocycles. The Hall–Kier alpha value is -1.38. The van der Waals surface area contributed by atoms with Gasteiger partial charge < -0.3 is 15.0 Å². The lowest BCUT2D eigenvalue weighted by atomic mass is 10.4. The lowest BCUT2D eigenvalue weighted by Crippen LogP contribution is -2.37. The normalized spacial score (nSPS) is 12.2. The van der Waals surface area contributed by atoms with Crippen LogP contribution >= 0.6 is 0 Å². The fraction of sp³-hybridized carbons (Fsp3) is 0.583. The maximum Gasteiger partial charge on any atom is 0.352 e. The third-order valence-corrected chi connectivity index (χ3v) is 4.67. The molecule has 1 aromatic heterocycles. The zero-order chi connectivity index (χ0) is 15.3. The van der Waals surface area contributed by atoms with Crippen LogP contribution in [0.15, 0.2) is 17.2 Å². The van der Waals surface area contributed by atoms with Gasteiger partial charge in [0.1, 0.15) is 10.6 Å². The van der Waals surface area contributed by atoms with Crippen LogP contribution in [0.5, 0.6) is 0 Å². The zero-order valence-corrected chi connectivity index (χ0v) is 12.8. The maximum atomic E-state index is 12.5. The van der Waals surface area contributed by atoms with Crippen molar-refractivity contribution < 1.29 is 18.3 Å². The van der Waals surface area contributed by atoms with Gasteiger partial charge in [0.2, 0.25) is 10.0 Å². The minimum atomic E-state index is -3.66. The van der Waals surface area contributed by atoms with E-state index in [9.17, 15) is 13.2 Å². The summed E-state index contributed by atoms with van der Waals surface area (Å²) in [5.41, 5.74) is -0.132. The van der Waals surface area contributed by atoms with Gasteiger partial charge in [-0.1, -0.05) is 6.92 Å². The van der Waals surface area contributed by atoms with Gasteiger partial charge in [-0.05, 0) is 26.6 Å². The minimum Gasteiger partial charge on any atom is -0.477 e. The first kappa shape index (κ1) is 16.7. The molecule has 0 atom stereocenters. The molecule has 0 saturated carbocycles. The van der Waals surface area contributed by atoms with Crippen molar-refractivity contribution in [3.8, 4) is 0 Å². The van der Waals surface area contributed by atoms with Gasteiger partial charge in [-0.15, -0.1) is 0 Å². The number of rotatable bonds is 8. The number of hydrogen-bond acceptors (Lipinski definition) is 4. The van der Waals surface area contributed by atoms with Crippen LogP contribution < -0.4 is 0 Å². The van der Waals surface area contributed by atoms with E-state index in [-0.39, 0.29) is 10.6 Å². The number of aromatic carboxylic acids is 1. The predicted molar refractivity (Wildman–Crippen MR) is 75.4 cm³/mol. The molecule has 0 radical (unpaired) electrons. The van der Waals surface area contributed by atoms with Crippen molar-refractivity contribution in [3.63, 3.8) is 0 Å². The highest BCUT2D eigenvalue weighted by Gasteiger charge is 2.25. The number of nitrogens with one attached hydrogen (secondary N) is 1. The molecule has 0 saturated heterocycles. The lowest BCUT2D eigenvalue weighted by Gasteiger charge is -2.22. The number of aromatic amines is 1. The molecule has 0 aliphatic rings. The summed E-state index contributed by atoms with van der Waals surface area (Å²) in [6.07, 6.45) is 1.92. The second-order valence-electron chi connectivity index (χ2n) is 4.76. The van der Waals surface area contributed by atoms with Gasteiger partial charge in [0.15, 0.2) is 0 Å². The topological polar surface area (TPSA) is 93.7 Å². The smallest absolute Gasteiger partial charge is 0.352 e. The van der Waals surface area contributed by atoms with E-state index in [1.165, 1.54) is 10.5 Å². The monoisotopic (exact) mass is 303 g/mol. The Morgan fingerprint density at radius 3 is 2.40 bits per heavy atom. The van der Waals surface area contributed by atoms with Crippen LogP contribution in [0.2, 0.25) is 0 Å². The van der Waals surface area contributed by atoms with Crippen LogP contribution in [0.1, 0.15) is 23.8 Å². The van der Waals surface area contributed by atoms with Crippen LogP contribution in [0.3, 0.4) is 0 Å². The van der Waals surface area contributed by atoms with E-state index in [1.54, 1.807) is 0 Å². The Kier molecular flexibility index (Phi) is 5.73. The van der Waals surface area contributed by atoms with Gasteiger partial charge in [-0.2, -0.15) is 4.31 Å². The highest BCUT2D eigenvalue weighted by atomic mass is 32.2. The van der Waals surface area contributed by atoms with Crippen molar-refractivity contribution in [2.45, 2.75) is 18.2 Å². The number of carboxylic acids is 1. The predicted octanol–water partition coefficient (Wildman–Crippen LogP) is 0.675. The molecule has 114 valence electrons. The molecule has 1 rings (SSSR count). The number of nitrogens with zero attached hydrogens (tertiary/aromatic N) is 2. The van der Waals surface area contributed by atoms with Gasteiger partial charge in [-0.25, -0.2) is 13.2 Å². The van der Waals surface area contributed by atoms with Crippen molar-refractivity contribution in [3.05, 3.63) is 18.0 Å². The molecular weight excluding hydrogens is 282 g/mol. The molecule has 7 nitrogen and oxygen atoms in total. The molecule has 20 heavy (non-hydrogen) atoms. The Morgan fingerprint density at radius 1 is 1.30 bits per heavy atom. The average molecular weight is 303 g/mol. The molecular formula is C12H21N3O4S. The molecule has 0 fully saturated rings. The summed E-state index contributed by atoms with van der Waals surface area (Å²) < 4.78 is 26.3. The van der Waals surface area contributed by atoms with E-state index in [4.69, 9.17) is 5.11 Å². The number of aromatic nitrogens is 1. The fourth-order valence-corrected chi connectivity index (χ4v) is 3.23. The molecule has 0 aliphatic heterocycles. The summed E-state index contributed by atoms with van der Waals surface area (Å²) in [6.45, 7) is 3.29. The molecule has 0 spiro atoms. The summed E-state index contributed by atoms with van der Waals surface area (Å²) in [6, 6.07) is 1.15. The summed E-state index contributed by atoms with van der Waals surface area (Å²) in [4.78, 5) is 15.2. The SMILES string of the molecule is CCCN(CCN(C)C)S(=O)(=O)c1c[nH]c(C(=O)O)c1. The van der Waals surface area contributed by atoms with Crippen molar-refractivity contribution >= 4 is 16.0 Å². The number of likely N-dealkylation sites (N-methyl/N-ethyl adjacent to an activating group) is 1. The van der Waals surface area contributed by atoms with E-state index in [0.29, 0.717) is 26.1 Å². The summed E-state index contributed by atoms with van der Waals surface area (Å²) >= 11 is 0. The van der Waals surface area contributed by atoms with Gasteiger partial charge in [0.05, 0.1) is 0 Å². The standard InChI is InChI=1S/C12H21N3O4S/c1-4-5-15(7-6-14(2)3)20(18,19)10-8-11(12(16)17)13-9-10/h8-9,13H,4-7H2,1-3H3,(H,16,17). The van der Waals surface area contributed by atoms with Gasteiger partial charge in [0, 0.05) is 25.8 Å². The Labute approximate surface area is 119 Å². The molecule has 2 N–H and O–H groups in total. The third-order valence-electron chi connectivity index (χ3n) is 2.79. The lowest BCUT2D eigenvalue weighted by molar-refractivity contribution is 0.0691. The fourth-order valence-electron chi connectivity index (χ4n) is 1.71. The molecule has 0 aromatic carbocycles. The number of hydrogen-bond donors (Lipinski definition) is 2. The summed E-state index contributed by atoms with van der Waals surface area (Å²) in [5.74, 6) is -1.18. The van der Waals surface area contributed by atoms with Gasteiger partial charge in [-0.3, -0.25) is 0 Å². The molecule has 0 bridgehead atoms. The average Bonchev–Trinajstić information content (AvgIpc) is 2.84. The Bertz CT molecular complexity index is 551. The maximum absolute atomic E-state index is 12.5. The van der Waals surface area contributed by atoms with E-state index in [2.05, 4.69) is 4.98 Å². The molecule has 1 heterocycles. The summed E-state index contributed by atoms with van der Waals surface area (Å²) in [7, 11) is 0.0817. The number of sulfonamides is 1. The quantitative estimate of drug-likeness (QED) is 0.736. The van der Waals surface area contributed by atoms with Gasteiger partial charge >= 0.3 is 5.97 Å². The highest BCUT2D eigenvalue weighted by molar-refractivity contribution is 7.89. The van der Waals surface area contributed by atoms with E-state index in [0.717, 1.165) is 6.07 Å². The highest BCUT2D eigenvalue weighted by Crippen LogP contribution is 2.17. The molecule has 0 amide bonds. The van der Waals surface area contributed by atoms with Crippen LogP contribution in [0, 0.1) is 0 Å². The van der Waals surface area contributed by atoms with Crippen molar-refractivity contribution in [2.24, 2.45) is 0 Å². The second-order valence-corrected chi connectivity index (χ2v) is 6.70. The minimum absolute atomic E-state index is 0.0119. The van der Waals surface area contributed by atoms with Gasteiger partial charge in [0.25, 0.3) is 0 Å². The van der Waals surface area contributed by atoms with E-state index in [1.807, 2.05) is 25.9 Å². The first-order valence-corrected chi connectivity index (χ1v) is 7.79. The molecule has 8 heteroatoms. The van der Waals surface area contributed by atoms with Crippen LogP contribution in [0.4, 0.5) is 0 Å².